The molecule has 1 heterocycles. The van der Waals surface area contributed by atoms with Crippen LogP contribution >= 0.6 is 12.0 Å². The first-order valence-electron chi connectivity index (χ1n) is 7.45. The van der Waals surface area contributed by atoms with Crippen LogP contribution in [0.5, 0.6) is 0 Å². The highest BCUT2D eigenvalue weighted by Crippen LogP contribution is 2.65. The number of carbonyl (C=O) groups is 2. The molecule has 0 aromatic rings. The van der Waals surface area contributed by atoms with E-state index in [0.29, 0.717) is 12.8 Å². The molecule has 1 aliphatic carbocycles. The van der Waals surface area contributed by atoms with Crippen molar-refractivity contribution in [2.24, 2.45) is 10.8 Å². The molecule has 0 aromatic heterocycles. The Kier molecular flexibility index (Phi) is 5.16. The summed E-state index contributed by atoms with van der Waals surface area (Å²) in [5.41, 5.74) is -2.87. The lowest BCUT2D eigenvalue weighted by Gasteiger charge is -2.34. The fraction of sp³-hybridized carbons (Fsp3) is 0.857. The average Bonchev–Trinajstić information content (AvgIpc) is 2.80. The molecule has 0 N–H and O–H groups in total. The molecule has 2 atom stereocenters. The maximum absolute atomic E-state index is 13.2. The largest absolute Gasteiger partial charge is 0.691 e. The summed E-state index contributed by atoms with van der Waals surface area (Å²) in [6, 6.07) is 0. The van der Waals surface area contributed by atoms with Crippen molar-refractivity contribution in [3.8, 4) is 0 Å². The molecule has 24 heavy (non-hydrogen) atoms. The van der Waals surface area contributed by atoms with Crippen molar-refractivity contribution >= 4 is 24.0 Å². The fourth-order valence-electron chi connectivity index (χ4n) is 3.37. The van der Waals surface area contributed by atoms with Gasteiger partial charge in [0, 0.05) is 11.8 Å². The molecule has 2 aliphatic rings. The summed E-state index contributed by atoms with van der Waals surface area (Å²) in [6.45, 7) is 5.04. The van der Waals surface area contributed by atoms with Crippen LogP contribution in [0, 0.1) is 10.8 Å². The molecule has 7 nitrogen and oxygen atoms in total. The molecular weight excluding hydrogens is 350 g/mol. The molecule has 10 heteroatoms. The molecule has 0 spiro atoms. The molecule has 2 unspecified atom stereocenters. The van der Waals surface area contributed by atoms with Crippen molar-refractivity contribution in [1.82, 2.24) is 0 Å². The number of halogens is 2. The van der Waals surface area contributed by atoms with Crippen LogP contribution in [0.2, 0.25) is 0 Å². The number of ether oxygens (including phenoxy) is 2. The van der Waals surface area contributed by atoms with Crippen LogP contribution in [0.15, 0.2) is 0 Å². The summed E-state index contributed by atoms with van der Waals surface area (Å²) in [6.07, 6.45) is 0.0226. The Morgan fingerprint density at radius 1 is 1.38 bits per heavy atom. The number of rotatable bonds is 8. The van der Waals surface area contributed by atoms with E-state index in [0.717, 1.165) is 0 Å². The van der Waals surface area contributed by atoms with Gasteiger partial charge in [-0.15, -0.1) is 0 Å². The van der Waals surface area contributed by atoms with Crippen molar-refractivity contribution < 1.29 is 42.5 Å². The fourth-order valence-corrected chi connectivity index (χ4v) is 3.72. The second-order valence-electron chi connectivity index (χ2n) is 6.77. The molecular formula is C14H19F2O7S-. The lowest BCUT2D eigenvalue weighted by atomic mass is 9.66. The Hall–Kier alpha value is -0.970. The van der Waals surface area contributed by atoms with Crippen LogP contribution in [0.25, 0.3) is 0 Å². The molecule has 2 bridgehead atoms. The lowest BCUT2D eigenvalue weighted by molar-refractivity contribution is -0.777. The summed E-state index contributed by atoms with van der Waals surface area (Å²) in [5.74, 6) is -1.15. The van der Waals surface area contributed by atoms with Crippen molar-refractivity contribution in [3.05, 3.63) is 0 Å². The third kappa shape index (κ3) is 2.89. The van der Waals surface area contributed by atoms with Crippen molar-refractivity contribution in [1.29, 1.82) is 0 Å². The maximum atomic E-state index is 13.2. The van der Waals surface area contributed by atoms with Gasteiger partial charge in [-0.25, -0.2) is 4.79 Å². The summed E-state index contributed by atoms with van der Waals surface area (Å²) in [5, 5.41) is 9.06. The number of hydrogen-bond acceptors (Lipinski definition) is 8. The van der Waals surface area contributed by atoms with Gasteiger partial charge in [0.05, 0.1) is 12.0 Å². The molecule has 0 aromatic carbocycles. The van der Waals surface area contributed by atoms with Crippen LogP contribution in [0.1, 0.15) is 46.5 Å². The highest BCUT2D eigenvalue weighted by molar-refractivity contribution is 7.95. The van der Waals surface area contributed by atoms with Crippen LogP contribution in [-0.4, -0.2) is 29.4 Å². The van der Waals surface area contributed by atoms with E-state index in [9.17, 15) is 23.6 Å². The zero-order valence-electron chi connectivity index (χ0n) is 13.6. The third-order valence-electron chi connectivity index (χ3n) is 5.44. The van der Waals surface area contributed by atoms with Crippen molar-refractivity contribution in [3.63, 3.8) is 0 Å². The molecule has 1 aliphatic heterocycles. The topological polar surface area (TPSA) is 94.1 Å². The molecule has 138 valence electrons. The summed E-state index contributed by atoms with van der Waals surface area (Å²) < 4.78 is 40.5. The van der Waals surface area contributed by atoms with Gasteiger partial charge < -0.3 is 14.7 Å². The second-order valence-corrected chi connectivity index (χ2v) is 7.67. The number of hydrogen-bond donors (Lipinski definition) is 0. The van der Waals surface area contributed by atoms with Gasteiger partial charge in [0.15, 0.2) is 0 Å². The van der Waals surface area contributed by atoms with Crippen molar-refractivity contribution in [2.75, 3.05) is 6.61 Å². The minimum absolute atomic E-state index is 0.157. The SMILES string of the molecule is CC12CCC(C(=O)OCCCC(F)(F)SOO[O-])(OC1=O)C2(C)C. The standard InChI is InChI=1S/C14H20F2O7S/c1-11(2)12(3)6-7-13(11,21-9(12)17)10(18)20-8-4-5-14(15,16)24-23-22-19/h19H,4-8H2,1-3H3/p-1. The van der Waals surface area contributed by atoms with Gasteiger partial charge in [-0.05, 0) is 26.2 Å². The van der Waals surface area contributed by atoms with Gasteiger partial charge in [0.1, 0.15) is 12.0 Å². The van der Waals surface area contributed by atoms with Crippen LogP contribution in [0.3, 0.4) is 0 Å². The molecule has 1 saturated carbocycles. The molecule has 2 fully saturated rings. The summed E-state index contributed by atoms with van der Waals surface area (Å²) >= 11 is -0.405. The number of alkyl halides is 2. The Morgan fingerprint density at radius 3 is 2.54 bits per heavy atom. The van der Waals surface area contributed by atoms with Gasteiger partial charge in [0.25, 0.3) is 0 Å². The van der Waals surface area contributed by atoms with E-state index in [4.69, 9.17) is 9.47 Å². The summed E-state index contributed by atoms with van der Waals surface area (Å²) in [4.78, 5) is 24.5. The maximum Gasteiger partial charge on any atom is 0.351 e. The van der Waals surface area contributed by atoms with Crippen molar-refractivity contribution in [2.45, 2.75) is 57.3 Å². The van der Waals surface area contributed by atoms with Gasteiger partial charge in [-0.1, -0.05) is 13.8 Å². The van der Waals surface area contributed by atoms with E-state index in [-0.39, 0.29) is 13.0 Å². The highest BCUT2D eigenvalue weighted by Gasteiger charge is 2.76. The Morgan fingerprint density at radius 2 is 2.04 bits per heavy atom. The van der Waals surface area contributed by atoms with Gasteiger partial charge in [-0.3, -0.25) is 9.83 Å². The van der Waals surface area contributed by atoms with E-state index in [1.807, 2.05) is 0 Å². The predicted molar refractivity (Wildman–Crippen MR) is 74.8 cm³/mol. The minimum atomic E-state index is -3.35. The quantitative estimate of drug-likeness (QED) is 0.211. The van der Waals surface area contributed by atoms with Crippen LogP contribution in [-0.2, 0) is 28.4 Å². The lowest BCUT2D eigenvalue weighted by Crippen LogP contribution is -2.48. The zero-order valence-corrected chi connectivity index (χ0v) is 14.4. The molecule has 2 rings (SSSR count). The van der Waals surface area contributed by atoms with Gasteiger partial charge in [0.2, 0.25) is 5.60 Å². The predicted octanol–water partition coefficient (Wildman–Crippen LogP) is 1.90. The normalized spacial score (nSPS) is 31.2. The second kappa shape index (κ2) is 6.40. The number of carbonyl (C=O) groups excluding carboxylic acids is 2. The molecule has 1 saturated heterocycles. The van der Waals surface area contributed by atoms with E-state index in [1.54, 1.807) is 20.8 Å². The number of esters is 2. The van der Waals surface area contributed by atoms with E-state index in [2.05, 4.69) is 9.37 Å². The van der Waals surface area contributed by atoms with Crippen LogP contribution < -0.4 is 5.26 Å². The number of fused-ring (bicyclic) bond motifs is 2. The van der Waals surface area contributed by atoms with Crippen LogP contribution in [0.4, 0.5) is 8.78 Å². The Bertz CT molecular complexity index is 527. The third-order valence-corrected chi connectivity index (χ3v) is 6.01. The average molecular weight is 369 g/mol. The summed E-state index contributed by atoms with van der Waals surface area (Å²) in [7, 11) is 0. The van der Waals surface area contributed by atoms with Gasteiger partial charge >= 0.3 is 17.2 Å². The smallest absolute Gasteiger partial charge is 0.351 e. The molecule has 0 amide bonds. The van der Waals surface area contributed by atoms with E-state index >= 15 is 0 Å². The molecule has 0 radical (unpaired) electrons. The first-order valence-corrected chi connectivity index (χ1v) is 8.19. The Balaban J connectivity index is 1.89. The first-order chi connectivity index (χ1) is 11.0. The minimum Gasteiger partial charge on any atom is -0.691 e. The zero-order chi connectivity index (χ0) is 18.2. The van der Waals surface area contributed by atoms with Gasteiger partial charge in [-0.2, -0.15) is 13.1 Å². The highest BCUT2D eigenvalue weighted by atomic mass is 32.2. The van der Waals surface area contributed by atoms with E-state index in [1.165, 1.54) is 0 Å². The monoisotopic (exact) mass is 369 g/mol. The first kappa shape index (κ1) is 19.4. The van der Waals surface area contributed by atoms with E-state index < -0.39 is 52.1 Å². The Labute approximate surface area is 142 Å².